The zero-order valence-electron chi connectivity index (χ0n) is 20.7. The Morgan fingerprint density at radius 3 is 2.62 bits per heavy atom. The molecule has 2 aromatic carbocycles. The third-order valence-corrected chi connectivity index (χ3v) is 9.62. The molecule has 196 valence electrons. The zero-order valence-corrected chi connectivity index (χ0v) is 21.5. The second-order valence-electron chi connectivity index (χ2n) is 10.2. The Morgan fingerprint density at radius 2 is 1.89 bits per heavy atom. The number of hydrogen-bond donors (Lipinski definition) is 1. The number of benzene rings is 2. The van der Waals surface area contributed by atoms with Crippen LogP contribution in [0.1, 0.15) is 43.2 Å². The molecule has 1 N–H and O–H groups in total. The summed E-state index contributed by atoms with van der Waals surface area (Å²) < 4.78 is 46.8. The first-order valence-corrected chi connectivity index (χ1v) is 14.5. The number of aliphatic hydroxyl groups is 1. The first-order chi connectivity index (χ1) is 18.0. The van der Waals surface area contributed by atoms with E-state index >= 15 is 0 Å². The molecule has 1 aromatic heterocycles. The van der Waals surface area contributed by atoms with Crippen molar-refractivity contribution in [3.05, 3.63) is 60.1 Å². The van der Waals surface area contributed by atoms with Gasteiger partial charge in [-0.15, -0.1) is 0 Å². The number of sulfonamides is 1. The van der Waals surface area contributed by atoms with E-state index in [1.807, 2.05) is 18.2 Å². The number of ether oxygens (including phenoxy) is 2. The number of aryl methyl sites for hydroxylation is 1. The summed E-state index contributed by atoms with van der Waals surface area (Å²) in [4.78, 5) is 4.18. The van der Waals surface area contributed by atoms with Gasteiger partial charge in [0.05, 0.1) is 30.0 Å². The van der Waals surface area contributed by atoms with Crippen LogP contribution in [0.15, 0.2) is 58.3 Å². The van der Waals surface area contributed by atoms with Crippen LogP contribution >= 0.6 is 0 Å². The van der Waals surface area contributed by atoms with Crippen molar-refractivity contribution < 1.29 is 27.4 Å². The van der Waals surface area contributed by atoms with Gasteiger partial charge in [0, 0.05) is 30.4 Å². The van der Waals surface area contributed by atoms with Gasteiger partial charge in [-0.3, -0.25) is 4.31 Å². The molecule has 37 heavy (non-hydrogen) atoms. The van der Waals surface area contributed by atoms with Gasteiger partial charge in [0.1, 0.15) is 5.75 Å². The minimum atomic E-state index is -3.87. The molecule has 0 amide bonds. The van der Waals surface area contributed by atoms with Crippen LogP contribution in [0.25, 0.3) is 11.3 Å². The molecule has 1 saturated heterocycles. The Bertz CT molecular complexity index is 1350. The van der Waals surface area contributed by atoms with Gasteiger partial charge in [0.15, 0.2) is 12.2 Å². The van der Waals surface area contributed by atoms with E-state index in [0.717, 1.165) is 68.6 Å². The topological polar surface area (TPSA) is 102 Å². The standard InChI is InChI=1S/C28H32N2O6S/c31-16-23-14-24(5-8-27(23)35-17-19-9-11-34-12-10-19)37(32,33)30-25(20-1-2-20)6-3-21-13-22(4-7-26(21)30)28-15-29-18-36-28/h4-5,7-8,13-15,18-20,25,31H,1-3,6,9-12,16-17H2. The van der Waals surface area contributed by atoms with E-state index in [9.17, 15) is 13.5 Å². The van der Waals surface area contributed by atoms with Crippen LogP contribution in [0.3, 0.4) is 0 Å². The average molecular weight is 525 g/mol. The lowest BCUT2D eigenvalue weighted by molar-refractivity contribution is 0.0494. The molecule has 0 radical (unpaired) electrons. The highest BCUT2D eigenvalue weighted by molar-refractivity contribution is 7.92. The maximum Gasteiger partial charge on any atom is 0.264 e. The molecule has 0 spiro atoms. The Kier molecular flexibility index (Phi) is 6.69. The molecule has 2 aliphatic heterocycles. The molecular weight excluding hydrogens is 492 g/mol. The summed E-state index contributed by atoms with van der Waals surface area (Å²) in [5.74, 6) is 1.96. The van der Waals surface area contributed by atoms with Crippen LogP contribution in [0.2, 0.25) is 0 Å². The van der Waals surface area contributed by atoms with Crippen molar-refractivity contribution in [1.29, 1.82) is 0 Å². The Labute approximate surface area is 217 Å². The summed E-state index contributed by atoms with van der Waals surface area (Å²) in [5, 5.41) is 10.1. The fourth-order valence-corrected chi connectivity index (χ4v) is 7.37. The van der Waals surface area contributed by atoms with E-state index in [1.54, 1.807) is 28.7 Å². The first kappa shape index (κ1) is 24.5. The summed E-state index contributed by atoms with van der Waals surface area (Å²) in [6.07, 6.45) is 8.61. The van der Waals surface area contributed by atoms with Crippen LogP contribution in [-0.2, 0) is 27.8 Å². The normalized spacial score (nSPS) is 20.6. The molecule has 2 fully saturated rings. The largest absolute Gasteiger partial charge is 0.493 e. The molecule has 1 unspecified atom stereocenters. The number of rotatable bonds is 8. The lowest BCUT2D eigenvalue weighted by Crippen LogP contribution is -2.45. The van der Waals surface area contributed by atoms with Crippen molar-refractivity contribution in [2.45, 2.75) is 56.1 Å². The van der Waals surface area contributed by atoms with Crippen LogP contribution < -0.4 is 9.04 Å². The van der Waals surface area contributed by atoms with Gasteiger partial charge in [-0.1, -0.05) is 0 Å². The lowest BCUT2D eigenvalue weighted by atomic mass is 9.93. The molecule has 6 rings (SSSR count). The number of aliphatic hydroxyl groups excluding tert-OH is 1. The summed E-state index contributed by atoms with van der Waals surface area (Å²) in [7, 11) is -3.87. The van der Waals surface area contributed by atoms with Gasteiger partial charge in [-0.05, 0) is 92.3 Å². The molecular formula is C28H32N2O6S. The Hall–Kier alpha value is -2.88. The smallest absolute Gasteiger partial charge is 0.264 e. The summed E-state index contributed by atoms with van der Waals surface area (Å²) in [5.41, 5.74) is 3.06. The van der Waals surface area contributed by atoms with Gasteiger partial charge in [0.2, 0.25) is 0 Å². The van der Waals surface area contributed by atoms with Crippen LogP contribution in [0.4, 0.5) is 5.69 Å². The Balaban J connectivity index is 1.31. The molecule has 9 heteroatoms. The van der Waals surface area contributed by atoms with Gasteiger partial charge in [-0.2, -0.15) is 0 Å². The quantitative estimate of drug-likeness (QED) is 0.461. The van der Waals surface area contributed by atoms with E-state index in [4.69, 9.17) is 13.9 Å². The lowest BCUT2D eigenvalue weighted by Gasteiger charge is -2.38. The van der Waals surface area contributed by atoms with Crippen molar-refractivity contribution in [3.63, 3.8) is 0 Å². The summed E-state index contributed by atoms with van der Waals surface area (Å²) >= 11 is 0. The number of nitrogens with zero attached hydrogens (tertiary/aromatic N) is 2. The summed E-state index contributed by atoms with van der Waals surface area (Å²) in [6, 6.07) is 10.6. The number of hydrogen-bond acceptors (Lipinski definition) is 7. The number of fused-ring (bicyclic) bond motifs is 1. The Morgan fingerprint density at radius 1 is 1.05 bits per heavy atom. The molecule has 0 bridgehead atoms. The van der Waals surface area contributed by atoms with Gasteiger partial charge in [-0.25, -0.2) is 13.4 Å². The van der Waals surface area contributed by atoms with Crippen molar-refractivity contribution in [3.8, 4) is 17.1 Å². The zero-order chi connectivity index (χ0) is 25.4. The molecule has 1 atom stereocenters. The van der Waals surface area contributed by atoms with E-state index in [-0.39, 0.29) is 17.5 Å². The fraction of sp³-hybridized carbons (Fsp3) is 0.464. The third kappa shape index (κ3) is 4.87. The van der Waals surface area contributed by atoms with Crippen LogP contribution in [0, 0.1) is 11.8 Å². The van der Waals surface area contributed by atoms with Gasteiger partial charge < -0.3 is 19.0 Å². The molecule has 3 aromatic rings. The van der Waals surface area contributed by atoms with E-state index in [0.29, 0.717) is 35.5 Å². The van der Waals surface area contributed by atoms with Crippen LogP contribution in [-0.4, -0.2) is 44.4 Å². The highest BCUT2D eigenvalue weighted by Crippen LogP contribution is 2.46. The van der Waals surface area contributed by atoms with E-state index in [2.05, 4.69) is 4.98 Å². The van der Waals surface area contributed by atoms with Crippen molar-refractivity contribution in [1.82, 2.24) is 4.98 Å². The number of anilines is 1. The highest BCUT2D eigenvalue weighted by atomic mass is 32.2. The highest BCUT2D eigenvalue weighted by Gasteiger charge is 2.44. The van der Waals surface area contributed by atoms with Gasteiger partial charge in [0.25, 0.3) is 10.0 Å². The predicted octanol–water partition coefficient (Wildman–Crippen LogP) is 4.56. The van der Waals surface area contributed by atoms with E-state index in [1.165, 1.54) is 6.39 Å². The fourth-order valence-electron chi connectivity index (χ4n) is 5.54. The molecule has 1 saturated carbocycles. The molecule has 1 aliphatic carbocycles. The molecule has 3 aliphatic rings. The van der Waals surface area contributed by atoms with Crippen LogP contribution in [0.5, 0.6) is 5.75 Å². The van der Waals surface area contributed by atoms with E-state index < -0.39 is 10.0 Å². The third-order valence-electron chi connectivity index (χ3n) is 7.79. The minimum Gasteiger partial charge on any atom is -0.493 e. The second-order valence-corrected chi connectivity index (χ2v) is 12.1. The maximum absolute atomic E-state index is 14.2. The van der Waals surface area contributed by atoms with Crippen molar-refractivity contribution in [2.24, 2.45) is 11.8 Å². The average Bonchev–Trinajstić information content (AvgIpc) is 3.64. The first-order valence-electron chi connectivity index (χ1n) is 13.0. The minimum absolute atomic E-state index is 0.0735. The summed E-state index contributed by atoms with van der Waals surface area (Å²) in [6.45, 7) is 1.70. The number of aromatic nitrogens is 1. The van der Waals surface area contributed by atoms with Crippen molar-refractivity contribution >= 4 is 15.7 Å². The predicted molar refractivity (Wildman–Crippen MR) is 138 cm³/mol. The second kappa shape index (κ2) is 10.1. The number of oxazole rings is 1. The SMILES string of the molecule is O=S(=O)(c1ccc(OCC2CCOCC2)c(CO)c1)N1c2ccc(-c3cnco3)cc2CCC1C1CC1. The van der Waals surface area contributed by atoms with Crippen molar-refractivity contribution in [2.75, 3.05) is 24.1 Å². The van der Waals surface area contributed by atoms with Gasteiger partial charge >= 0.3 is 0 Å². The molecule has 8 nitrogen and oxygen atoms in total. The molecule has 3 heterocycles. The maximum atomic E-state index is 14.2. The monoisotopic (exact) mass is 524 g/mol.